The molecule has 0 unspecified atom stereocenters. The third-order valence-corrected chi connectivity index (χ3v) is 5.62. The largest absolute Gasteiger partial charge is 0.357 e. The van der Waals surface area contributed by atoms with Crippen LogP contribution in [0.4, 0.5) is 5.69 Å². The van der Waals surface area contributed by atoms with Crippen molar-refractivity contribution in [1.82, 2.24) is 15.6 Å². The van der Waals surface area contributed by atoms with E-state index in [1.165, 1.54) is 10.4 Å². The van der Waals surface area contributed by atoms with Crippen molar-refractivity contribution < 1.29 is 4.79 Å². The van der Waals surface area contributed by atoms with Crippen LogP contribution in [0.1, 0.15) is 35.2 Å². The third kappa shape index (κ3) is 5.55. The fourth-order valence-electron chi connectivity index (χ4n) is 3.30. The highest BCUT2D eigenvalue weighted by Crippen LogP contribution is 2.28. The number of aromatic nitrogens is 1. The molecule has 1 aromatic heterocycles. The summed E-state index contributed by atoms with van der Waals surface area (Å²) in [6.45, 7) is 7.15. The molecule has 0 saturated heterocycles. The molecular formula is C21H29N5OS. The van der Waals surface area contributed by atoms with E-state index in [0.717, 1.165) is 55.6 Å². The van der Waals surface area contributed by atoms with Crippen molar-refractivity contribution >= 4 is 28.9 Å². The Bertz CT molecular complexity index is 817. The van der Waals surface area contributed by atoms with Crippen molar-refractivity contribution in [3.63, 3.8) is 0 Å². The van der Waals surface area contributed by atoms with Gasteiger partial charge in [0, 0.05) is 55.8 Å². The number of hydrogen-bond donors (Lipinski definition) is 2. The van der Waals surface area contributed by atoms with Gasteiger partial charge in [-0.2, -0.15) is 0 Å². The molecule has 0 atom stereocenters. The summed E-state index contributed by atoms with van der Waals surface area (Å²) in [6.07, 6.45) is 5.02. The van der Waals surface area contributed by atoms with Gasteiger partial charge < -0.3 is 15.5 Å². The van der Waals surface area contributed by atoms with Crippen molar-refractivity contribution in [2.24, 2.45) is 4.99 Å². The number of guanidine groups is 1. The molecule has 0 spiro atoms. The number of nitrogens with one attached hydrogen (secondary N) is 2. The summed E-state index contributed by atoms with van der Waals surface area (Å²) < 4.78 is 0. The van der Waals surface area contributed by atoms with Gasteiger partial charge in [-0.3, -0.25) is 9.79 Å². The quantitative estimate of drug-likeness (QED) is 0.407. The van der Waals surface area contributed by atoms with E-state index < -0.39 is 0 Å². The summed E-state index contributed by atoms with van der Waals surface area (Å²) in [4.78, 5) is 24.7. The van der Waals surface area contributed by atoms with E-state index in [4.69, 9.17) is 0 Å². The van der Waals surface area contributed by atoms with E-state index in [1.807, 2.05) is 29.3 Å². The Balaban J connectivity index is 1.41. The maximum absolute atomic E-state index is 12.5. The second-order valence-electron chi connectivity index (χ2n) is 6.83. The molecule has 6 nitrogen and oxygen atoms in total. The van der Waals surface area contributed by atoms with Gasteiger partial charge in [-0.15, -0.1) is 11.3 Å². The first-order valence-corrected chi connectivity index (χ1v) is 10.8. The molecule has 2 aromatic rings. The Morgan fingerprint density at radius 1 is 1.32 bits per heavy atom. The van der Waals surface area contributed by atoms with Gasteiger partial charge in [0.05, 0.1) is 5.01 Å². The maximum atomic E-state index is 12.5. The van der Waals surface area contributed by atoms with Crippen molar-refractivity contribution in [3.8, 4) is 0 Å². The monoisotopic (exact) mass is 399 g/mol. The molecule has 1 aliphatic rings. The SMILES string of the molecule is CCNC(=NCCCC(=O)N1CCc2ccccc21)NCCc1ncc(C)s1. The first-order valence-electron chi connectivity index (χ1n) is 9.99. The second-order valence-corrected chi connectivity index (χ2v) is 8.15. The molecular weight excluding hydrogens is 370 g/mol. The van der Waals surface area contributed by atoms with E-state index in [9.17, 15) is 4.79 Å². The zero-order valence-electron chi connectivity index (χ0n) is 16.7. The van der Waals surface area contributed by atoms with Crippen LogP contribution >= 0.6 is 11.3 Å². The van der Waals surface area contributed by atoms with Crippen molar-refractivity contribution in [1.29, 1.82) is 0 Å². The van der Waals surface area contributed by atoms with E-state index in [2.05, 4.69) is 40.5 Å². The van der Waals surface area contributed by atoms with E-state index in [0.29, 0.717) is 13.0 Å². The second kappa shape index (κ2) is 10.2. The molecule has 1 aromatic carbocycles. The number of aryl methyl sites for hydroxylation is 1. The van der Waals surface area contributed by atoms with E-state index in [-0.39, 0.29) is 5.91 Å². The lowest BCUT2D eigenvalue weighted by molar-refractivity contribution is -0.118. The summed E-state index contributed by atoms with van der Waals surface area (Å²) >= 11 is 1.73. The Kier molecular flexibility index (Phi) is 7.42. The highest BCUT2D eigenvalue weighted by atomic mass is 32.1. The predicted molar refractivity (Wildman–Crippen MR) is 116 cm³/mol. The summed E-state index contributed by atoms with van der Waals surface area (Å²) in [5.74, 6) is 0.993. The highest BCUT2D eigenvalue weighted by molar-refractivity contribution is 7.11. The van der Waals surface area contributed by atoms with Gasteiger partial charge in [-0.05, 0) is 38.3 Å². The number of benzene rings is 1. The van der Waals surface area contributed by atoms with E-state index in [1.54, 1.807) is 11.3 Å². The fraction of sp³-hybridized carbons (Fsp3) is 0.476. The molecule has 0 fully saturated rings. The Hall–Kier alpha value is -2.41. The number of nitrogens with zero attached hydrogens (tertiary/aromatic N) is 3. The van der Waals surface area contributed by atoms with Crippen LogP contribution in [0.25, 0.3) is 0 Å². The number of rotatable bonds is 8. The van der Waals surface area contributed by atoms with Crippen LogP contribution in [-0.4, -0.2) is 43.0 Å². The molecule has 0 radical (unpaired) electrons. The predicted octanol–water partition coefficient (Wildman–Crippen LogP) is 2.92. The highest BCUT2D eigenvalue weighted by Gasteiger charge is 2.23. The standard InChI is InChI=1S/C21H29N5OS/c1-3-22-21(24-13-10-19-25-15-16(2)28-19)23-12-6-9-20(27)26-14-11-17-7-4-5-8-18(17)26/h4-5,7-8,15H,3,6,9-14H2,1-2H3,(H2,22,23,24). The lowest BCUT2D eigenvalue weighted by Crippen LogP contribution is -2.38. The zero-order valence-corrected chi connectivity index (χ0v) is 17.5. The van der Waals surface area contributed by atoms with Gasteiger partial charge in [0.1, 0.15) is 0 Å². The van der Waals surface area contributed by atoms with Crippen molar-refractivity contribution in [2.75, 3.05) is 31.1 Å². The molecule has 2 heterocycles. The van der Waals surface area contributed by atoms with Crippen LogP contribution in [-0.2, 0) is 17.6 Å². The lowest BCUT2D eigenvalue weighted by Gasteiger charge is -2.17. The first kappa shape index (κ1) is 20.3. The van der Waals surface area contributed by atoms with Crippen LogP contribution in [0, 0.1) is 6.92 Å². The fourth-order valence-corrected chi connectivity index (χ4v) is 4.09. The van der Waals surface area contributed by atoms with Gasteiger partial charge in [0.15, 0.2) is 5.96 Å². The molecule has 150 valence electrons. The topological polar surface area (TPSA) is 69.6 Å². The number of aliphatic imine (C=N–C) groups is 1. The van der Waals surface area contributed by atoms with Gasteiger partial charge in [0.2, 0.25) is 5.91 Å². The average Bonchev–Trinajstić information content (AvgIpc) is 3.31. The van der Waals surface area contributed by atoms with Gasteiger partial charge >= 0.3 is 0 Å². The molecule has 2 N–H and O–H groups in total. The van der Waals surface area contributed by atoms with Gasteiger partial charge in [0.25, 0.3) is 0 Å². The zero-order chi connectivity index (χ0) is 19.8. The normalized spacial score (nSPS) is 13.5. The summed E-state index contributed by atoms with van der Waals surface area (Å²) in [5.41, 5.74) is 2.34. The minimum atomic E-state index is 0.192. The van der Waals surface area contributed by atoms with Crippen LogP contribution in [0.15, 0.2) is 35.5 Å². The average molecular weight is 400 g/mol. The molecule has 3 rings (SSSR count). The molecule has 0 bridgehead atoms. The number of carbonyl (C=O) groups is 1. The van der Waals surface area contributed by atoms with Gasteiger partial charge in [-0.1, -0.05) is 18.2 Å². The molecule has 28 heavy (non-hydrogen) atoms. The summed E-state index contributed by atoms with van der Waals surface area (Å²) in [5, 5.41) is 7.74. The minimum Gasteiger partial charge on any atom is -0.357 e. The van der Waals surface area contributed by atoms with Crippen LogP contribution in [0.5, 0.6) is 0 Å². The number of para-hydroxylation sites is 1. The molecule has 0 saturated carbocycles. The number of hydrogen-bond acceptors (Lipinski definition) is 4. The Morgan fingerprint density at radius 2 is 2.18 bits per heavy atom. The van der Waals surface area contributed by atoms with Gasteiger partial charge in [-0.25, -0.2) is 4.98 Å². The van der Waals surface area contributed by atoms with Crippen LogP contribution in [0.3, 0.4) is 0 Å². The van der Waals surface area contributed by atoms with Crippen LogP contribution in [0.2, 0.25) is 0 Å². The molecule has 0 aliphatic carbocycles. The molecule has 1 amide bonds. The van der Waals surface area contributed by atoms with Crippen molar-refractivity contribution in [2.45, 2.75) is 39.5 Å². The number of fused-ring (bicyclic) bond motifs is 1. The Morgan fingerprint density at radius 3 is 2.96 bits per heavy atom. The number of amides is 1. The summed E-state index contributed by atoms with van der Waals surface area (Å²) in [7, 11) is 0. The number of anilines is 1. The smallest absolute Gasteiger partial charge is 0.227 e. The van der Waals surface area contributed by atoms with Crippen molar-refractivity contribution in [3.05, 3.63) is 45.9 Å². The number of carbonyl (C=O) groups excluding carboxylic acids is 1. The number of thiazole rings is 1. The third-order valence-electron chi connectivity index (χ3n) is 4.65. The first-order chi connectivity index (χ1) is 13.7. The molecule has 1 aliphatic heterocycles. The minimum absolute atomic E-state index is 0.192. The molecule has 7 heteroatoms. The Labute approximate surface area is 171 Å². The maximum Gasteiger partial charge on any atom is 0.227 e. The van der Waals surface area contributed by atoms with Crippen LogP contribution < -0.4 is 15.5 Å². The summed E-state index contributed by atoms with van der Waals surface area (Å²) in [6, 6.07) is 8.17. The lowest BCUT2D eigenvalue weighted by atomic mass is 10.2. The van der Waals surface area contributed by atoms with E-state index >= 15 is 0 Å².